The van der Waals surface area contributed by atoms with Crippen molar-refractivity contribution in [1.82, 2.24) is 4.90 Å². The molecule has 1 fully saturated rings. The maximum absolute atomic E-state index is 13.0. The number of amides is 1. The highest BCUT2D eigenvalue weighted by molar-refractivity contribution is 7.10. The lowest BCUT2D eigenvalue weighted by atomic mass is 9.98. The van der Waals surface area contributed by atoms with Crippen LogP contribution < -0.4 is 4.74 Å². The molecule has 0 bridgehead atoms. The van der Waals surface area contributed by atoms with Crippen LogP contribution in [0.25, 0.3) is 5.76 Å². The highest BCUT2D eigenvalue weighted by Gasteiger charge is 2.46. The zero-order valence-corrected chi connectivity index (χ0v) is 19.4. The molecule has 0 radical (unpaired) electrons. The molecular formula is C24H29NO5S. The smallest absolute Gasteiger partial charge is 0.295 e. The van der Waals surface area contributed by atoms with E-state index in [0.717, 1.165) is 10.4 Å². The Hall–Kier alpha value is -2.64. The van der Waals surface area contributed by atoms with Gasteiger partial charge in [0, 0.05) is 17.0 Å². The second-order valence-electron chi connectivity index (χ2n) is 8.07. The molecule has 1 aliphatic heterocycles. The second kappa shape index (κ2) is 9.66. The summed E-state index contributed by atoms with van der Waals surface area (Å²) in [6.45, 7) is 10.2. The Morgan fingerprint density at radius 2 is 1.90 bits per heavy atom. The maximum Gasteiger partial charge on any atom is 0.295 e. The van der Waals surface area contributed by atoms with Crippen molar-refractivity contribution in [2.24, 2.45) is 0 Å². The Morgan fingerprint density at radius 1 is 1.16 bits per heavy atom. The van der Waals surface area contributed by atoms with Crippen LogP contribution >= 0.6 is 11.3 Å². The van der Waals surface area contributed by atoms with Gasteiger partial charge in [0.25, 0.3) is 11.7 Å². The fraction of sp³-hybridized carbons (Fsp3) is 0.417. The van der Waals surface area contributed by atoms with Crippen LogP contribution in [0.5, 0.6) is 5.75 Å². The quantitative estimate of drug-likeness (QED) is 0.364. The van der Waals surface area contributed by atoms with Gasteiger partial charge in [-0.15, -0.1) is 11.3 Å². The summed E-state index contributed by atoms with van der Waals surface area (Å²) in [6.07, 6.45) is -0.0138. The lowest BCUT2D eigenvalue weighted by Crippen LogP contribution is -2.33. The third kappa shape index (κ3) is 4.99. The van der Waals surface area contributed by atoms with E-state index in [1.54, 1.807) is 24.3 Å². The summed E-state index contributed by atoms with van der Waals surface area (Å²) < 4.78 is 11.3. The first-order chi connectivity index (χ1) is 14.7. The zero-order valence-electron chi connectivity index (χ0n) is 18.5. The first-order valence-electron chi connectivity index (χ1n) is 10.4. The third-order valence-electron chi connectivity index (χ3n) is 4.95. The Bertz CT molecular complexity index is 991. The summed E-state index contributed by atoms with van der Waals surface area (Å²) in [7, 11) is 0. The van der Waals surface area contributed by atoms with Gasteiger partial charge >= 0.3 is 0 Å². The van der Waals surface area contributed by atoms with Crippen molar-refractivity contribution in [2.45, 2.75) is 52.9 Å². The van der Waals surface area contributed by atoms with E-state index in [4.69, 9.17) is 9.47 Å². The van der Waals surface area contributed by atoms with E-state index in [0.29, 0.717) is 17.9 Å². The van der Waals surface area contributed by atoms with Crippen LogP contribution in [0.4, 0.5) is 0 Å². The van der Waals surface area contributed by atoms with Crippen LogP contribution in [-0.4, -0.2) is 47.1 Å². The normalized spacial score (nSPS) is 18.4. The van der Waals surface area contributed by atoms with E-state index in [9.17, 15) is 14.7 Å². The molecule has 0 spiro atoms. The molecule has 6 nitrogen and oxygen atoms in total. The van der Waals surface area contributed by atoms with Gasteiger partial charge in [0.1, 0.15) is 11.5 Å². The topological polar surface area (TPSA) is 76.1 Å². The summed E-state index contributed by atoms with van der Waals surface area (Å²) in [5, 5.41) is 13.1. The Morgan fingerprint density at radius 3 is 2.52 bits per heavy atom. The minimum atomic E-state index is -0.685. The number of nitrogens with zero attached hydrogens (tertiary/aromatic N) is 1. The van der Waals surface area contributed by atoms with Crippen LogP contribution in [0.15, 0.2) is 41.3 Å². The Balaban J connectivity index is 2.07. The van der Waals surface area contributed by atoms with Gasteiger partial charge in [0.2, 0.25) is 0 Å². The zero-order chi connectivity index (χ0) is 22.7. The molecule has 31 heavy (non-hydrogen) atoms. The van der Waals surface area contributed by atoms with Crippen molar-refractivity contribution in [1.29, 1.82) is 0 Å². The average Bonchev–Trinajstić information content (AvgIpc) is 3.22. The molecule has 1 aliphatic rings. The number of aliphatic hydroxyl groups excluding tert-OH is 1. The van der Waals surface area contributed by atoms with Gasteiger partial charge in [-0.1, -0.05) is 12.1 Å². The lowest BCUT2D eigenvalue weighted by Gasteiger charge is -2.25. The number of ether oxygens (including phenoxy) is 2. The molecule has 1 amide bonds. The lowest BCUT2D eigenvalue weighted by molar-refractivity contribution is -0.140. The number of hydrogen-bond acceptors (Lipinski definition) is 6. The minimum absolute atomic E-state index is 0.0162. The summed E-state index contributed by atoms with van der Waals surface area (Å²) in [5.74, 6) is -0.920. The fourth-order valence-electron chi connectivity index (χ4n) is 3.58. The summed E-state index contributed by atoms with van der Waals surface area (Å²) in [6, 6.07) is 8.23. The molecule has 1 unspecified atom stereocenters. The van der Waals surface area contributed by atoms with E-state index >= 15 is 0 Å². The molecule has 7 heteroatoms. The monoisotopic (exact) mass is 443 g/mol. The second-order valence-corrected chi connectivity index (χ2v) is 9.02. The number of carbonyl (C=O) groups excluding carboxylic acids is 2. The molecule has 1 saturated heterocycles. The van der Waals surface area contributed by atoms with E-state index in [1.807, 2.05) is 46.1 Å². The average molecular weight is 444 g/mol. The van der Waals surface area contributed by atoms with Gasteiger partial charge in [-0.05, 0) is 63.8 Å². The van der Waals surface area contributed by atoms with E-state index in [2.05, 4.69) is 0 Å². The number of hydrogen-bond donors (Lipinski definition) is 1. The van der Waals surface area contributed by atoms with E-state index in [-0.39, 0.29) is 30.1 Å². The fourth-order valence-corrected chi connectivity index (χ4v) is 4.63. The number of thiophene rings is 1. The minimum Gasteiger partial charge on any atom is -0.507 e. The summed E-state index contributed by atoms with van der Waals surface area (Å²) in [4.78, 5) is 28.3. The van der Waals surface area contributed by atoms with Gasteiger partial charge in [0.15, 0.2) is 0 Å². The third-order valence-corrected chi connectivity index (χ3v) is 6.02. The first-order valence-corrected chi connectivity index (χ1v) is 11.3. The molecule has 0 saturated carbocycles. The highest BCUT2D eigenvalue weighted by atomic mass is 32.1. The number of aryl methyl sites for hydroxylation is 1. The number of carbonyl (C=O) groups is 2. The molecule has 1 N–H and O–H groups in total. The van der Waals surface area contributed by atoms with Crippen molar-refractivity contribution in [3.63, 3.8) is 0 Å². The number of rotatable bonds is 8. The SMILES string of the molecule is Cc1ccsc1C1/C(=C(/O)c2cccc(OC(C)C)c2)C(=O)C(=O)N1CCOC(C)C. The first kappa shape index (κ1) is 23.0. The largest absolute Gasteiger partial charge is 0.507 e. The summed E-state index contributed by atoms with van der Waals surface area (Å²) >= 11 is 1.47. The Kier molecular flexibility index (Phi) is 7.18. The predicted octanol–water partition coefficient (Wildman–Crippen LogP) is 4.69. The van der Waals surface area contributed by atoms with Crippen molar-refractivity contribution < 1.29 is 24.2 Å². The van der Waals surface area contributed by atoms with Crippen LogP contribution in [0, 0.1) is 6.92 Å². The standard InChI is InChI=1S/C24H29NO5S/c1-14(2)29-11-10-25-20(23-16(5)9-12-31-23)19(22(27)24(25)28)21(26)17-7-6-8-18(13-17)30-15(3)4/h6-9,12-15,20,26H,10-11H2,1-5H3/b21-19-. The molecular weight excluding hydrogens is 414 g/mol. The molecule has 2 aromatic rings. The molecule has 1 aromatic heterocycles. The number of ketones is 1. The van der Waals surface area contributed by atoms with Crippen molar-refractivity contribution >= 4 is 28.8 Å². The number of benzene rings is 1. The van der Waals surface area contributed by atoms with Crippen molar-refractivity contribution in [2.75, 3.05) is 13.2 Å². The number of likely N-dealkylation sites (tertiary alicyclic amines) is 1. The number of aliphatic hydroxyl groups is 1. The molecule has 3 rings (SSSR count). The van der Waals surface area contributed by atoms with Crippen molar-refractivity contribution in [3.05, 3.63) is 57.3 Å². The number of Topliss-reactive ketones (excluding diaryl/α,β-unsaturated/α-hetero) is 1. The van der Waals surface area contributed by atoms with Crippen LogP contribution in [-0.2, 0) is 14.3 Å². The Labute approximate surface area is 187 Å². The van der Waals surface area contributed by atoms with E-state index < -0.39 is 17.7 Å². The highest BCUT2D eigenvalue weighted by Crippen LogP contribution is 2.42. The van der Waals surface area contributed by atoms with Crippen molar-refractivity contribution in [3.8, 4) is 5.75 Å². The molecule has 1 atom stereocenters. The molecule has 2 heterocycles. The van der Waals surface area contributed by atoms with Crippen LogP contribution in [0.2, 0.25) is 0 Å². The van der Waals surface area contributed by atoms with Gasteiger partial charge in [-0.2, -0.15) is 0 Å². The van der Waals surface area contributed by atoms with Gasteiger partial charge in [-0.25, -0.2) is 0 Å². The van der Waals surface area contributed by atoms with Gasteiger partial charge in [0.05, 0.1) is 30.4 Å². The maximum atomic E-state index is 13.0. The molecule has 0 aliphatic carbocycles. The van der Waals surface area contributed by atoms with Crippen LogP contribution in [0.3, 0.4) is 0 Å². The predicted molar refractivity (Wildman–Crippen MR) is 121 cm³/mol. The molecule has 1 aromatic carbocycles. The van der Waals surface area contributed by atoms with Gasteiger partial charge in [-0.3, -0.25) is 9.59 Å². The van der Waals surface area contributed by atoms with Crippen LogP contribution in [0.1, 0.15) is 49.7 Å². The van der Waals surface area contributed by atoms with E-state index in [1.165, 1.54) is 16.2 Å². The molecule has 166 valence electrons. The van der Waals surface area contributed by atoms with Gasteiger partial charge < -0.3 is 19.5 Å². The summed E-state index contributed by atoms with van der Waals surface area (Å²) in [5.41, 5.74) is 1.50.